The van der Waals surface area contributed by atoms with Gasteiger partial charge in [-0.25, -0.2) is 4.98 Å². The Hall–Kier alpha value is -1.50. The lowest BCUT2D eigenvalue weighted by molar-refractivity contribution is -0.153. The summed E-state index contributed by atoms with van der Waals surface area (Å²) >= 11 is 1.31. The van der Waals surface area contributed by atoms with Gasteiger partial charge in [0.1, 0.15) is 11.1 Å². The number of thiazole rings is 1. The van der Waals surface area contributed by atoms with Crippen molar-refractivity contribution in [2.45, 2.75) is 57.4 Å². The van der Waals surface area contributed by atoms with Crippen molar-refractivity contribution in [1.82, 2.24) is 9.88 Å². The van der Waals surface area contributed by atoms with E-state index in [0.29, 0.717) is 5.01 Å². The molecule has 6 heteroatoms. The first kappa shape index (κ1) is 16.4. The van der Waals surface area contributed by atoms with Crippen LogP contribution >= 0.6 is 11.3 Å². The smallest absolute Gasteiger partial charge is 0.255 e. The molecule has 0 aliphatic heterocycles. The first-order chi connectivity index (χ1) is 11.0. The molecule has 1 aromatic carbocycles. The molecule has 1 aliphatic rings. The number of amides is 1. The van der Waals surface area contributed by atoms with Crippen molar-refractivity contribution in [3.63, 3.8) is 0 Å². The van der Waals surface area contributed by atoms with Gasteiger partial charge in [-0.3, -0.25) is 4.79 Å². The van der Waals surface area contributed by atoms with Crippen LogP contribution in [0.1, 0.15) is 44.2 Å². The highest BCUT2D eigenvalue weighted by atomic mass is 32.1. The molecule has 1 fully saturated rings. The normalized spacial score (nSPS) is 18.0. The number of para-hydroxylation sites is 1. The summed E-state index contributed by atoms with van der Waals surface area (Å²) in [6, 6.07) is 7.72. The highest BCUT2D eigenvalue weighted by molar-refractivity contribution is 7.18. The number of hydrogen-bond acceptors (Lipinski definition) is 5. The van der Waals surface area contributed by atoms with Gasteiger partial charge in [0.25, 0.3) is 5.91 Å². The van der Waals surface area contributed by atoms with E-state index < -0.39 is 18.1 Å². The van der Waals surface area contributed by atoms with E-state index in [4.69, 9.17) is 0 Å². The maximum absolute atomic E-state index is 12.6. The Kier molecular flexibility index (Phi) is 4.66. The van der Waals surface area contributed by atoms with Crippen LogP contribution in [0, 0.1) is 0 Å². The second-order valence-electron chi connectivity index (χ2n) is 6.33. The van der Waals surface area contributed by atoms with Crippen LogP contribution in [0.4, 0.5) is 0 Å². The molecule has 2 N–H and O–H groups in total. The zero-order valence-electron chi connectivity index (χ0n) is 13.3. The van der Waals surface area contributed by atoms with Gasteiger partial charge in [0.15, 0.2) is 6.10 Å². The molecule has 3 rings (SSSR count). The van der Waals surface area contributed by atoms with E-state index in [-0.39, 0.29) is 12.1 Å². The minimum atomic E-state index is -1.47. The molecular weight excluding hydrogens is 312 g/mol. The first-order valence-electron chi connectivity index (χ1n) is 8.03. The van der Waals surface area contributed by atoms with E-state index in [2.05, 4.69) is 4.98 Å². The number of aliphatic hydroxyl groups excluding tert-OH is 2. The Morgan fingerprint density at radius 3 is 2.57 bits per heavy atom. The average Bonchev–Trinajstić information content (AvgIpc) is 2.92. The molecule has 1 aliphatic carbocycles. The minimum absolute atomic E-state index is 0.00465. The summed E-state index contributed by atoms with van der Waals surface area (Å²) < 4.78 is 0.931. The number of nitrogens with zero attached hydrogens (tertiary/aromatic N) is 2. The molecule has 0 spiro atoms. The summed E-state index contributed by atoms with van der Waals surface area (Å²) in [4.78, 5) is 18.7. The van der Waals surface area contributed by atoms with Gasteiger partial charge in [-0.05, 0) is 45.2 Å². The SMILES string of the molecule is CC(C)N(C(=O)C(O)C(O)c1nc2ccccc2s1)C1CCC1. The highest BCUT2D eigenvalue weighted by Gasteiger charge is 2.37. The van der Waals surface area contributed by atoms with Crippen LogP contribution in [0.3, 0.4) is 0 Å². The maximum Gasteiger partial charge on any atom is 0.255 e. The zero-order chi connectivity index (χ0) is 16.6. The quantitative estimate of drug-likeness (QED) is 0.881. The summed E-state index contributed by atoms with van der Waals surface area (Å²) in [5.74, 6) is -0.406. The number of aromatic nitrogens is 1. The molecule has 1 aromatic heterocycles. The second-order valence-corrected chi connectivity index (χ2v) is 7.40. The van der Waals surface area contributed by atoms with Crippen molar-refractivity contribution in [3.05, 3.63) is 29.3 Å². The molecule has 0 radical (unpaired) electrons. The van der Waals surface area contributed by atoms with E-state index >= 15 is 0 Å². The molecule has 0 bridgehead atoms. The third kappa shape index (κ3) is 3.11. The van der Waals surface area contributed by atoms with Crippen LogP contribution in [0.5, 0.6) is 0 Å². The molecule has 0 saturated heterocycles. The van der Waals surface area contributed by atoms with E-state index in [0.717, 1.165) is 29.5 Å². The first-order valence-corrected chi connectivity index (χ1v) is 8.84. The van der Waals surface area contributed by atoms with Crippen molar-refractivity contribution in [1.29, 1.82) is 0 Å². The predicted octanol–water partition coefficient (Wildman–Crippen LogP) is 2.48. The Bertz CT molecular complexity index is 663. The molecule has 2 aromatic rings. The van der Waals surface area contributed by atoms with Gasteiger partial charge in [-0.2, -0.15) is 0 Å². The van der Waals surface area contributed by atoms with Crippen LogP contribution in [-0.4, -0.2) is 44.2 Å². The third-order valence-electron chi connectivity index (χ3n) is 4.39. The largest absolute Gasteiger partial charge is 0.383 e. The van der Waals surface area contributed by atoms with Crippen LogP contribution in [0.25, 0.3) is 10.2 Å². The molecule has 1 saturated carbocycles. The molecule has 1 amide bonds. The van der Waals surface area contributed by atoms with Crippen LogP contribution in [-0.2, 0) is 4.79 Å². The molecule has 5 nitrogen and oxygen atoms in total. The number of rotatable bonds is 5. The molecule has 23 heavy (non-hydrogen) atoms. The summed E-state index contributed by atoms with van der Waals surface area (Å²) in [7, 11) is 0. The molecular formula is C17H22N2O3S. The van der Waals surface area contributed by atoms with Crippen molar-refractivity contribution in [3.8, 4) is 0 Å². The monoisotopic (exact) mass is 334 g/mol. The van der Waals surface area contributed by atoms with Gasteiger partial charge in [0.05, 0.1) is 10.2 Å². The zero-order valence-corrected chi connectivity index (χ0v) is 14.2. The summed E-state index contributed by atoms with van der Waals surface area (Å²) in [5.41, 5.74) is 0.769. The fraction of sp³-hybridized carbons (Fsp3) is 0.529. The lowest BCUT2D eigenvalue weighted by atomic mass is 9.90. The minimum Gasteiger partial charge on any atom is -0.383 e. The summed E-state index contributed by atoms with van der Waals surface area (Å²) in [6.07, 6.45) is 0.277. The maximum atomic E-state index is 12.6. The number of fused-ring (bicyclic) bond motifs is 1. The number of aliphatic hydroxyl groups is 2. The Morgan fingerprint density at radius 1 is 1.30 bits per heavy atom. The predicted molar refractivity (Wildman–Crippen MR) is 90.2 cm³/mol. The number of carbonyl (C=O) groups excluding carboxylic acids is 1. The fourth-order valence-electron chi connectivity index (χ4n) is 2.96. The van der Waals surface area contributed by atoms with E-state index in [1.807, 2.05) is 38.1 Å². The van der Waals surface area contributed by atoms with Gasteiger partial charge in [0.2, 0.25) is 0 Å². The Balaban J connectivity index is 1.79. The number of carbonyl (C=O) groups is 1. The van der Waals surface area contributed by atoms with Crippen LogP contribution in [0.2, 0.25) is 0 Å². The standard InChI is InChI=1S/C17H22N2O3S/c1-10(2)19(11-6-5-7-11)17(22)15(21)14(20)16-18-12-8-3-4-9-13(12)23-16/h3-4,8-11,14-15,20-21H,5-7H2,1-2H3. The van der Waals surface area contributed by atoms with Crippen molar-refractivity contribution < 1.29 is 15.0 Å². The number of benzene rings is 1. The Labute approximate surface area is 139 Å². The summed E-state index contributed by atoms with van der Waals surface area (Å²) in [5, 5.41) is 21.2. The van der Waals surface area contributed by atoms with Crippen LogP contribution in [0.15, 0.2) is 24.3 Å². The molecule has 1 heterocycles. The molecule has 124 valence electrons. The van der Waals surface area contributed by atoms with Crippen molar-refractivity contribution in [2.75, 3.05) is 0 Å². The summed E-state index contributed by atoms with van der Waals surface area (Å²) in [6.45, 7) is 3.88. The van der Waals surface area contributed by atoms with Gasteiger partial charge >= 0.3 is 0 Å². The van der Waals surface area contributed by atoms with E-state index in [1.165, 1.54) is 11.3 Å². The van der Waals surface area contributed by atoms with Gasteiger partial charge in [0, 0.05) is 12.1 Å². The van der Waals surface area contributed by atoms with Crippen molar-refractivity contribution >= 4 is 27.5 Å². The third-order valence-corrected chi connectivity index (χ3v) is 5.50. The molecule has 2 unspecified atom stereocenters. The lowest BCUT2D eigenvalue weighted by Gasteiger charge is -2.41. The van der Waals surface area contributed by atoms with Gasteiger partial charge in [-0.1, -0.05) is 12.1 Å². The average molecular weight is 334 g/mol. The van der Waals surface area contributed by atoms with Crippen LogP contribution < -0.4 is 0 Å². The van der Waals surface area contributed by atoms with E-state index in [9.17, 15) is 15.0 Å². The second kappa shape index (κ2) is 6.55. The van der Waals surface area contributed by atoms with E-state index in [1.54, 1.807) is 4.90 Å². The van der Waals surface area contributed by atoms with Gasteiger partial charge in [-0.15, -0.1) is 11.3 Å². The number of hydrogen-bond donors (Lipinski definition) is 2. The lowest BCUT2D eigenvalue weighted by Crippen LogP contribution is -2.53. The topological polar surface area (TPSA) is 73.7 Å². The Morgan fingerprint density at radius 2 is 2.00 bits per heavy atom. The fourth-order valence-corrected chi connectivity index (χ4v) is 3.94. The highest BCUT2D eigenvalue weighted by Crippen LogP contribution is 2.31. The van der Waals surface area contributed by atoms with Crippen molar-refractivity contribution in [2.24, 2.45) is 0 Å². The molecule has 2 atom stereocenters. The van der Waals surface area contributed by atoms with Gasteiger partial charge < -0.3 is 15.1 Å².